The molecule has 0 aliphatic heterocycles. The van der Waals surface area contributed by atoms with Gasteiger partial charge in [0.05, 0.1) is 6.10 Å². The average Bonchev–Trinajstić information content (AvgIpc) is 2.16. The summed E-state index contributed by atoms with van der Waals surface area (Å²) in [7, 11) is 0. The third-order valence-corrected chi connectivity index (χ3v) is 2.72. The molecule has 0 saturated carbocycles. The lowest BCUT2D eigenvalue weighted by Crippen LogP contribution is -2.25. The minimum atomic E-state index is -0.212. The maximum absolute atomic E-state index is 10.9. The third kappa shape index (κ3) is 3.69. The van der Waals surface area contributed by atoms with Crippen molar-refractivity contribution in [2.24, 2.45) is 0 Å². The van der Waals surface area contributed by atoms with Crippen molar-refractivity contribution < 1.29 is 9.53 Å². The Hall–Kier alpha value is -1.31. The molecule has 88 valence electrons. The number of hydrogen-bond acceptors (Lipinski definition) is 2. The van der Waals surface area contributed by atoms with E-state index in [-0.39, 0.29) is 17.5 Å². The van der Waals surface area contributed by atoms with Gasteiger partial charge in [-0.3, -0.25) is 4.79 Å². The highest BCUT2D eigenvalue weighted by molar-refractivity contribution is 5.66. The van der Waals surface area contributed by atoms with E-state index in [1.165, 1.54) is 12.5 Å². The molecule has 0 radical (unpaired) electrons. The maximum atomic E-state index is 10.9. The topological polar surface area (TPSA) is 26.3 Å². The van der Waals surface area contributed by atoms with Gasteiger partial charge in [-0.05, 0) is 24.3 Å². The fourth-order valence-corrected chi connectivity index (χ4v) is 2.05. The van der Waals surface area contributed by atoms with Gasteiger partial charge in [-0.1, -0.05) is 44.2 Å². The summed E-state index contributed by atoms with van der Waals surface area (Å²) < 4.78 is 5.17. The Kier molecular flexibility index (Phi) is 4.11. The van der Waals surface area contributed by atoms with Crippen molar-refractivity contribution in [1.29, 1.82) is 0 Å². The van der Waals surface area contributed by atoms with E-state index < -0.39 is 0 Å². The molecule has 2 nitrogen and oxygen atoms in total. The molecule has 1 aromatic carbocycles. The number of rotatable bonds is 4. The maximum Gasteiger partial charge on any atom is 0.302 e. The van der Waals surface area contributed by atoms with Crippen molar-refractivity contribution in [3.8, 4) is 0 Å². The molecule has 1 rings (SSSR count). The minimum absolute atomic E-state index is 0.0239. The molecule has 0 fully saturated rings. The van der Waals surface area contributed by atoms with Crippen molar-refractivity contribution in [3.05, 3.63) is 35.9 Å². The molecule has 0 bridgehead atoms. The highest BCUT2D eigenvalue weighted by Crippen LogP contribution is 2.28. The van der Waals surface area contributed by atoms with E-state index in [0.717, 1.165) is 6.42 Å². The second kappa shape index (κ2) is 5.15. The summed E-state index contributed by atoms with van der Waals surface area (Å²) >= 11 is 0. The van der Waals surface area contributed by atoms with Gasteiger partial charge in [-0.2, -0.15) is 0 Å². The molecular formula is C14H20O2. The quantitative estimate of drug-likeness (QED) is 0.728. The summed E-state index contributed by atoms with van der Waals surface area (Å²) in [5, 5.41) is 0. The Balaban J connectivity index is 2.68. The van der Waals surface area contributed by atoms with Crippen molar-refractivity contribution in [2.45, 2.75) is 45.6 Å². The first-order chi connectivity index (χ1) is 7.42. The smallest absolute Gasteiger partial charge is 0.302 e. The largest absolute Gasteiger partial charge is 0.463 e. The zero-order valence-corrected chi connectivity index (χ0v) is 10.5. The zero-order chi connectivity index (χ0) is 12.2. The molecule has 0 saturated heterocycles. The van der Waals surface area contributed by atoms with E-state index in [0.29, 0.717) is 0 Å². The lowest BCUT2D eigenvalue weighted by atomic mass is 9.80. The van der Waals surface area contributed by atoms with E-state index in [2.05, 4.69) is 26.0 Å². The van der Waals surface area contributed by atoms with Crippen LogP contribution < -0.4 is 0 Å². The van der Waals surface area contributed by atoms with Gasteiger partial charge in [0.2, 0.25) is 0 Å². The van der Waals surface area contributed by atoms with Crippen LogP contribution in [0.15, 0.2) is 30.3 Å². The fraction of sp³-hybridized carbons (Fsp3) is 0.500. The molecule has 0 spiro atoms. The standard InChI is InChI=1S/C14H20O2/c1-11(16-12(2)15)10-14(3,4)13-8-6-5-7-9-13/h5-9,11H,10H2,1-4H3/t11-/m0/s1. The number of ether oxygens (including phenoxy) is 1. The monoisotopic (exact) mass is 220 g/mol. The van der Waals surface area contributed by atoms with E-state index in [1.54, 1.807) is 0 Å². The van der Waals surface area contributed by atoms with Gasteiger partial charge in [0, 0.05) is 6.92 Å². The van der Waals surface area contributed by atoms with Crippen LogP contribution in [0.25, 0.3) is 0 Å². The lowest BCUT2D eigenvalue weighted by Gasteiger charge is -2.28. The van der Waals surface area contributed by atoms with Gasteiger partial charge in [-0.25, -0.2) is 0 Å². The zero-order valence-electron chi connectivity index (χ0n) is 10.5. The molecular weight excluding hydrogens is 200 g/mol. The van der Waals surface area contributed by atoms with Crippen molar-refractivity contribution >= 4 is 5.97 Å². The van der Waals surface area contributed by atoms with E-state index in [9.17, 15) is 4.79 Å². The Labute approximate surface area is 97.6 Å². The highest BCUT2D eigenvalue weighted by Gasteiger charge is 2.24. The summed E-state index contributed by atoms with van der Waals surface area (Å²) in [5.41, 5.74) is 1.30. The first-order valence-electron chi connectivity index (χ1n) is 5.64. The van der Waals surface area contributed by atoms with Crippen LogP contribution in [-0.2, 0) is 14.9 Å². The Morgan fingerprint density at radius 2 is 1.88 bits per heavy atom. The van der Waals surface area contributed by atoms with Gasteiger partial charge in [0.25, 0.3) is 0 Å². The first kappa shape index (κ1) is 12.8. The molecule has 0 heterocycles. The summed E-state index contributed by atoms with van der Waals surface area (Å²) in [6.45, 7) is 7.72. The molecule has 0 unspecified atom stereocenters. The van der Waals surface area contributed by atoms with Gasteiger partial charge < -0.3 is 4.74 Å². The van der Waals surface area contributed by atoms with Crippen LogP contribution in [0.3, 0.4) is 0 Å². The van der Waals surface area contributed by atoms with Crippen molar-refractivity contribution in [1.82, 2.24) is 0 Å². The second-order valence-electron chi connectivity index (χ2n) is 4.87. The van der Waals surface area contributed by atoms with Crippen LogP contribution in [0.5, 0.6) is 0 Å². The van der Waals surface area contributed by atoms with Crippen LogP contribution in [0, 0.1) is 0 Å². The number of carbonyl (C=O) groups is 1. The number of hydrogen-bond donors (Lipinski definition) is 0. The van der Waals surface area contributed by atoms with Crippen LogP contribution in [-0.4, -0.2) is 12.1 Å². The molecule has 1 aromatic rings. The number of esters is 1. The van der Waals surface area contributed by atoms with Gasteiger partial charge in [-0.15, -0.1) is 0 Å². The van der Waals surface area contributed by atoms with Crippen molar-refractivity contribution in [3.63, 3.8) is 0 Å². The van der Waals surface area contributed by atoms with Crippen LogP contribution >= 0.6 is 0 Å². The molecule has 16 heavy (non-hydrogen) atoms. The van der Waals surface area contributed by atoms with Gasteiger partial charge in [0.15, 0.2) is 0 Å². The summed E-state index contributed by atoms with van der Waals surface area (Å²) in [6, 6.07) is 10.3. The van der Waals surface area contributed by atoms with E-state index >= 15 is 0 Å². The van der Waals surface area contributed by atoms with Crippen molar-refractivity contribution in [2.75, 3.05) is 0 Å². The SMILES string of the molecule is CC(=O)O[C@@H](C)CC(C)(C)c1ccccc1. The Bertz CT molecular complexity index is 341. The first-order valence-corrected chi connectivity index (χ1v) is 5.64. The Morgan fingerprint density at radius 1 is 1.31 bits per heavy atom. The molecule has 0 aliphatic carbocycles. The normalized spacial score (nSPS) is 13.2. The van der Waals surface area contributed by atoms with E-state index in [1.807, 2.05) is 25.1 Å². The van der Waals surface area contributed by atoms with Gasteiger partial charge in [0.1, 0.15) is 0 Å². The van der Waals surface area contributed by atoms with Gasteiger partial charge >= 0.3 is 5.97 Å². The molecule has 2 heteroatoms. The molecule has 0 N–H and O–H groups in total. The summed E-state index contributed by atoms with van der Waals surface area (Å²) in [4.78, 5) is 10.9. The van der Waals surface area contributed by atoms with Crippen LogP contribution in [0.2, 0.25) is 0 Å². The number of carbonyl (C=O) groups excluding carboxylic acids is 1. The lowest BCUT2D eigenvalue weighted by molar-refractivity contribution is -0.146. The van der Waals surface area contributed by atoms with E-state index in [4.69, 9.17) is 4.74 Å². The second-order valence-corrected chi connectivity index (χ2v) is 4.87. The minimum Gasteiger partial charge on any atom is -0.463 e. The fourth-order valence-electron chi connectivity index (χ4n) is 2.05. The Morgan fingerprint density at radius 3 is 2.38 bits per heavy atom. The predicted molar refractivity (Wildman–Crippen MR) is 65.3 cm³/mol. The average molecular weight is 220 g/mol. The highest BCUT2D eigenvalue weighted by atomic mass is 16.5. The van der Waals surface area contributed by atoms with Crippen LogP contribution in [0.1, 0.15) is 39.7 Å². The number of benzene rings is 1. The van der Waals surface area contributed by atoms with Crippen LogP contribution in [0.4, 0.5) is 0 Å². The molecule has 0 amide bonds. The molecule has 1 atom stereocenters. The molecule has 0 aliphatic rings. The molecule has 0 aromatic heterocycles. The third-order valence-electron chi connectivity index (χ3n) is 2.72. The predicted octanol–water partition coefficient (Wildman–Crippen LogP) is 3.31. The summed E-state index contributed by atoms with van der Waals surface area (Å²) in [5.74, 6) is -0.212. The summed E-state index contributed by atoms with van der Waals surface area (Å²) in [6.07, 6.45) is 0.782.